The van der Waals surface area contributed by atoms with Crippen LogP contribution in [0.2, 0.25) is 0 Å². The number of rotatable bonds is 6. The average Bonchev–Trinajstić information content (AvgIpc) is 2.67. The number of ether oxygens (including phenoxy) is 2. The molecule has 0 spiro atoms. The van der Waals surface area contributed by atoms with Gasteiger partial charge in [-0.2, -0.15) is 0 Å². The predicted octanol–water partition coefficient (Wildman–Crippen LogP) is 3.58. The Morgan fingerprint density at radius 2 is 2.00 bits per heavy atom. The maximum absolute atomic E-state index is 12.9. The summed E-state index contributed by atoms with van der Waals surface area (Å²) in [4.78, 5) is 14.2. The van der Waals surface area contributed by atoms with Crippen LogP contribution in [0.15, 0.2) is 24.3 Å². The van der Waals surface area contributed by atoms with E-state index >= 15 is 0 Å². The first-order chi connectivity index (χ1) is 12.7. The van der Waals surface area contributed by atoms with Crippen LogP contribution in [0.5, 0.6) is 5.75 Å². The van der Waals surface area contributed by atoms with E-state index in [2.05, 4.69) is 10.2 Å². The Balaban J connectivity index is 1.47. The third kappa shape index (κ3) is 4.87. The topological polar surface area (TPSA) is 50.8 Å². The molecule has 1 aliphatic carbocycles. The third-order valence-corrected chi connectivity index (χ3v) is 5.56. The van der Waals surface area contributed by atoms with E-state index in [1.807, 2.05) is 0 Å². The molecule has 1 N–H and O–H groups in total. The normalized spacial score (nSPS) is 26.0. The molecule has 144 valence electrons. The summed E-state index contributed by atoms with van der Waals surface area (Å²) in [5, 5.41) is 2.57. The summed E-state index contributed by atoms with van der Waals surface area (Å²) in [6.07, 6.45) is 6.32. The van der Waals surface area contributed by atoms with Crippen molar-refractivity contribution >= 4 is 6.09 Å². The van der Waals surface area contributed by atoms with Crippen LogP contribution in [-0.2, 0) is 4.74 Å². The van der Waals surface area contributed by atoms with Gasteiger partial charge >= 0.3 is 6.09 Å². The molecular formula is C20H29FN2O3. The van der Waals surface area contributed by atoms with Gasteiger partial charge in [-0.25, -0.2) is 9.18 Å². The third-order valence-electron chi connectivity index (χ3n) is 5.56. The van der Waals surface area contributed by atoms with Crippen molar-refractivity contribution in [1.29, 1.82) is 0 Å². The highest BCUT2D eigenvalue weighted by atomic mass is 19.1. The fourth-order valence-electron chi connectivity index (χ4n) is 4.31. The first-order valence-corrected chi connectivity index (χ1v) is 9.68. The van der Waals surface area contributed by atoms with Crippen molar-refractivity contribution in [3.8, 4) is 5.75 Å². The van der Waals surface area contributed by atoms with E-state index in [9.17, 15) is 9.18 Å². The molecule has 6 heteroatoms. The summed E-state index contributed by atoms with van der Waals surface area (Å²) in [7, 11) is 1.61. The average molecular weight is 364 g/mol. The predicted molar refractivity (Wildman–Crippen MR) is 97.8 cm³/mol. The molecule has 1 amide bonds. The smallest absolute Gasteiger partial charge is 0.407 e. The molecule has 1 aromatic carbocycles. The quantitative estimate of drug-likeness (QED) is 0.784. The molecule has 5 nitrogen and oxygen atoms in total. The maximum atomic E-state index is 12.9. The molecule has 3 rings (SSSR count). The van der Waals surface area contributed by atoms with Gasteiger partial charge in [0.05, 0.1) is 6.61 Å². The minimum atomic E-state index is -0.319. The Labute approximate surface area is 154 Å². The zero-order valence-electron chi connectivity index (χ0n) is 15.5. The Kier molecular flexibility index (Phi) is 6.72. The number of nitrogens with zero attached hydrogens (tertiary/aromatic N) is 1. The molecule has 0 radical (unpaired) electrons. The molecule has 2 fully saturated rings. The van der Waals surface area contributed by atoms with Crippen LogP contribution < -0.4 is 10.1 Å². The molecule has 1 unspecified atom stereocenters. The number of halogens is 1. The minimum absolute atomic E-state index is 0.0342. The van der Waals surface area contributed by atoms with Crippen molar-refractivity contribution in [2.45, 2.75) is 50.7 Å². The summed E-state index contributed by atoms with van der Waals surface area (Å²) in [5.41, 5.74) is 0. The fraction of sp³-hybridized carbons (Fsp3) is 0.650. The lowest BCUT2D eigenvalue weighted by Crippen LogP contribution is -2.54. The number of alkyl carbamates (subject to hydrolysis) is 1. The first kappa shape index (κ1) is 19.0. The molecule has 0 bridgehead atoms. The summed E-state index contributed by atoms with van der Waals surface area (Å²) in [6, 6.07) is 6.65. The van der Waals surface area contributed by atoms with E-state index in [-0.39, 0.29) is 18.0 Å². The number of nitrogens with one attached hydrogen (secondary N) is 1. The minimum Gasteiger partial charge on any atom is -0.494 e. The second kappa shape index (κ2) is 9.21. The highest BCUT2D eigenvalue weighted by Gasteiger charge is 2.40. The number of amides is 1. The van der Waals surface area contributed by atoms with Crippen molar-refractivity contribution in [2.24, 2.45) is 5.92 Å². The first-order valence-electron chi connectivity index (χ1n) is 9.68. The van der Waals surface area contributed by atoms with Crippen LogP contribution in [-0.4, -0.2) is 49.9 Å². The number of carbonyl (C=O) groups is 1. The fourth-order valence-corrected chi connectivity index (χ4v) is 4.31. The van der Waals surface area contributed by atoms with Gasteiger partial charge in [0, 0.05) is 32.1 Å². The lowest BCUT2D eigenvalue weighted by molar-refractivity contribution is -0.0441. The van der Waals surface area contributed by atoms with Gasteiger partial charge in [0.1, 0.15) is 17.7 Å². The van der Waals surface area contributed by atoms with Gasteiger partial charge in [-0.3, -0.25) is 4.90 Å². The van der Waals surface area contributed by atoms with Gasteiger partial charge in [-0.1, -0.05) is 12.8 Å². The Morgan fingerprint density at radius 1 is 1.23 bits per heavy atom. The van der Waals surface area contributed by atoms with Crippen molar-refractivity contribution in [2.75, 3.05) is 26.7 Å². The zero-order valence-corrected chi connectivity index (χ0v) is 15.5. The van der Waals surface area contributed by atoms with Gasteiger partial charge < -0.3 is 14.8 Å². The monoisotopic (exact) mass is 364 g/mol. The van der Waals surface area contributed by atoms with E-state index in [4.69, 9.17) is 9.47 Å². The van der Waals surface area contributed by atoms with Crippen LogP contribution in [0.1, 0.15) is 38.5 Å². The van der Waals surface area contributed by atoms with Crippen LogP contribution >= 0.6 is 0 Å². The van der Waals surface area contributed by atoms with Crippen molar-refractivity contribution in [3.63, 3.8) is 0 Å². The van der Waals surface area contributed by atoms with Gasteiger partial charge in [-0.15, -0.1) is 0 Å². The van der Waals surface area contributed by atoms with E-state index in [0.717, 1.165) is 32.4 Å². The molecular weight excluding hydrogens is 335 g/mol. The van der Waals surface area contributed by atoms with E-state index in [1.54, 1.807) is 19.2 Å². The summed E-state index contributed by atoms with van der Waals surface area (Å²) in [6.45, 7) is 2.56. The molecule has 0 aromatic heterocycles. The molecule has 1 heterocycles. The Morgan fingerprint density at radius 3 is 2.77 bits per heavy atom. The number of carbonyl (C=O) groups excluding carboxylic acids is 1. The Bertz CT molecular complexity index is 581. The van der Waals surface area contributed by atoms with Crippen molar-refractivity contribution in [1.82, 2.24) is 10.2 Å². The van der Waals surface area contributed by atoms with E-state index in [1.165, 1.54) is 31.4 Å². The highest BCUT2D eigenvalue weighted by Crippen LogP contribution is 2.37. The van der Waals surface area contributed by atoms with Gasteiger partial charge in [-0.05, 0) is 49.9 Å². The number of piperidine rings is 1. The van der Waals surface area contributed by atoms with Gasteiger partial charge in [0.15, 0.2) is 0 Å². The summed E-state index contributed by atoms with van der Waals surface area (Å²) < 4.78 is 24.2. The standard InChI is InChI=1S/C20H29FN2O3/c1-22-20(24)26-19-11-13-23(18-6-3-2-5-17(18)19)12-4-14-25-16-9-7-15(21)8-10-16/h7-10,17-19H,2-6,11-14H2,1H3,(H,22,24)/t17-,18?,19+/m1/s1. The Hall–Kier alpha value is -1.82. The number of likely N-dealkylation sites (tertiary alicyclic amines) is 1. The second-order valence-electron chi connectivity index (χ2n) is 7.19. The van der Waals surface area contributed by atoms with Crippen molar-refractivity contribution < 1.29 is 18.7 Å². The van der Waals surface area contributed by atoms with Crippen LogP contribution in [0.3, 0.4) is 0 Å². The largest absolute Gasteiger partial charge is 0.494 e. The number of fused-ring (bicyclic) bond motifs is 1. The van der Waals surface area contributed by atoms with Crippen LogP contribution in [0.25, 0.3) is 0 Å². The van der Waals surface area contributed by atoms with Crippen molar-refractivity contribution in [3.05, 3.63) is 30.1 Å². The van der Waals surface area contributed by atoms with E-state index in [0.29, 0.717) is 24.3 Å². The zero-order chi connectivity index (χ0) is 18.4. The molecule has 1 saturated carbocycles. The molecule has 2 aliphatic rings. The van der Waals surface area contributed by atoms with Gasteiger partial charge in [0.2, 0.25) is 0 Å². The molecule has 1 aliphatic heterocycles. The van der Waals surface area contributed by atoms with Gasteiger partial charge in [0.25, 0.3) is 0 Å². The molecule has 1 aromatic rings. The highest BCUT2D eigenvalue weighted by molar-refractivity contribution is 5.66. The second-order valence-corrected chi connectivity index (χ2v) is 7.19. The van der Waals surface area contributed by atoms with Crippen LogP contribution in [0, 0.1) is 11.7 Å². The number of benzene rings is 1. The van der Waals surface area contributed by atoms with Crippen LogP contribution in [0.4, 0.5) is 9.18 Å². The molecule has 1 saturated heterocycles. The molecule has 26 heavy (non-hydrogen) atoms. The summed E-state index contributed by atoms with van der Waals surface area (Å²) in [5.74, 6) is 0.898. The lowest BCUT2D eigenvalue weighted by Gasteiger charge is -2.47. The van der Waals surface area contributed by atoms with E-state index < -0.39 is 0 Å². The maximum Gasteiger partial charge on any atom is 0.407 e. The molecule has 3 atom stereocenters. The number of hydrogen-bond donors (Lipinski definition) is 1. The lowest BCUT2D eigenvalue weighted by atomic mass is 9.76. The SMILES string of the molecule is CNC(=O)O[C@H]1CCN(CCCOc2ccc(F)cc2)C2CCCC[C@H]21. The number of hydrogen-bond acceptors (Lipinski definition) is 4. The summed E-state index contributed by atoms with van der Waals surface area (Å²) >= 11 is 0.